The van der Waals surface area contributed by atoms with Crippen molar-refractivity contribution in [3.05, 3.63) is 45.7 Å². The zero-order valence-corrected chi connectivity index (χ0v) is 11.5. The summed E-state index contributed by atoms with van der Waals surface area (Å²) in [5.74, 6) is 0.227. The Morgan fingerprint density at radius 3 is 3.06 bits per heavy atom. The number of nitrogens with one attached hydrogen (secondary N) is 1. The summed E-state index contributed by atoms with van der Waals surface area (Å²) in [7, 11) is 0. The number of halogens is 1. The van der Waals surface area contributed by atoms with Gasteiger partial charge in [0.2, 0.25) is 0 Å². The van der Waals surface area contributed by atoms with E-state index in [9.17, 15) is 4.79 Å². The van der Waals surface area contributed by atoms with E-state index in [2.05, 4.69) is 33.0 Å². The van der Waals surface area contributed by atoms with Gasteiger partial charge in [-0.05, 0) is 40.8 Å². The van der Waals surface area contributed by atoms with Crippen LogP contribution in [0.2, 0.25) is 0 Å². The molecule has 0 fully saturated rings. The summed E-state index contributed by atoms with van der Waals surface area (Å²) in [6.07, 6.45) is 1.65. The van der Waals surface area contributed by atoms with Gasteiger partial charge in [0, 0.05) is 21.4 Å². The van der Waals surface area contributed by atoms with E-state index in [1.165, 1.54) is 4.68 Å². The fourth-order valence-electron chi connectivity index (χ4n) is 1.41. The average molecular weight is 352 g/mol. The van der Waals surface area contributed by atoms with Crippen LogP contribution >= 0.6 is 22.6 Å². The monoisotopic (exact) mass is 352 g/mol. The standard InChI is InChI=1S/C12H9IN4O/c13-10-3-1-2-9(8-10)12(18)15-11-4-6-17(16-11)7-5-14/h1-4,6,8H,7H2,(H,15,16,18). The van der Waals surface area contributed by atoms with Crippen molar-refractivity contribution < 1.29 is 4.79 Å². The number of carbonyl (C=O) groups is 1. The topological polar surface area (TPSA) is 70.7 Å². The maximum Gasteiger partial charge on any atom is 0.256 e. The van der Waals surface area contributed by atoms with Crippen molar-refractivity contribution in [3.8, 4) is 6.07 Å². The number of benzene rings is 1. The minimum atomic E-state index is -0.212. The SMILES string of the molecule is N#CCn1ccc(NC(=O)c2cccc(I)c2)n1. The third kappa shape index (κ3) is 3.07. The van der Waals surface area contributed by atoms with Crippen molar-refractivity contribution in [3.63, 3.8) is 0 Å². The van der Waals surface area contributed by atoms with Gasteiger partial charge in [-0.2, -0.15) is 10.4 Å². The molecular formula is C12H9IN4O. The largest absolute Gasteiger partial charge is 0.305 e. The number of aromatic nitrogens is 2. The number of amides is 1. The van der Waals surface area contributed by atoms with Crippen LogP contribution in [-0.2, 0) is 6.54 Å². The second-order valence-electron chi connectivity index (χ2n) is 3.52. The summed E-state index contributed by atoms with van der Waals surface area (Å²) in [6.45, 7) is 0.166. The van der Waals surface area contributed by atoms with Crippen molar-refractivity contribution in [2.45, 2.75) is 6.54 Å². The number of hydrogen-bond acceptors (Lipinski definition) is 3. The summed E-state index contributed by atoms with van der Waals surface area (Å²) in [5.41, 5.74) is 0.580. The zero-order chi connectivity index (χ0) is 13.0. The highest BCUT2D eigenvalue weighted by molar-refractivity contribution is 14.1. The Bertz CT molecular complexity index is 615. The molecule has 90 valence electrons. The van der Waals surface area contributed by atoms with Crippen LogP contribution in [0.25, 0.3) is 0 Å². The van der Waals surface area contributed by atoms with Crippen molar-refractivity contribution in [2.75, 3.05) is 5.32 Å². The molecule has 0 unspecified atom stereocenters. The number of nitriles is 1. The van der Waals surface area contributed by atoms with E-state index in [0.717, 1.165) is 3.57 Å². The van der Waals surface area contributed by atoms with Crippen LogP contribution in [0, 0.1) is 14.9 Å². The van der Waals surface area contributed by atoms with E-state index in [1.807, 2.05) is 18.2 Å². The molecule has 18 heavy (non-hydrogen) atoms. The van der Waals surface area contributed by atoms with E-state index < -0.39 is 0 Å². The Kier molecular flexibility index (Phi) is 3.94. The molecular weight excluding hydrogens is 343 g/mol. The molecule has 0 spiro atoms. The highest BCUT2D eigenvalue weighted by atomic mass is 127. The van der Waals surface area contributed by atoms with Crippen LogP contribution in [0.4, 0.5) is 5.82 Å². The maximum atomic E-state index is 11.9. The van der Waals surface area contributed by atoms with E-state index in [0.29, 0.717) is 11.4 Å². The number of rotatable bonds is 3. The smallest absolute Gasteiger partial charge is 0.256 e. The quantitative estimate of drug-likeness (QED) is 0.862. The van der Waals surface area contributed by atoms with Crippen LogP contribution in [0.15, 0.2) is 36.5 Å². The first kappa shape index (κ1) is 12.6. The summed E-state index contributed by atoms with van der Waals surface area (Å²) >= 11 is 2.15. The lowest BCUT2D eigenvalue weighted by atomic mass is 10.2. The molecule has 1 aromatic heterocycles. The van der Waals surface area contributed by atoms with Gasteiger partial charge in [0.1, 0.15) is 6.54 Å². The van der Waals surface area contributed by atoms with Crippen molar-refractivity contribution in [1.29, 1.82) is 5.26 Å². The lowest BCUT2D eigenvalue weighted by Crippen LogP contribution is -2.12. The van der Waals surface area contributed by atoms with E-state index in [1.54, 1.807) is 24.4 Å². The lowest BCUT2D eigenvalue weighted by molar-refractivity contribution is 0.102. The Morgan fingerprint density at radius 1 is 1.50 bits per heavy atom. The van der Waals surface area contributed by atoms with Crippen molar-refractivity contribution in [2.24, 2.45) is 0 Å². The predicted molar refractivity (Wildman–Crippen MR) is 75.0 cm³/mol. The van der Waals surface area contributed by atoms with Gasteiger partial charge in [-0.3, -0.25) is 9.48 Å². The second-order valence-corrected chi connectivity index (χ2v) is 4.77. The molecule has 0 bridgehead atoms. The van der Waals surface area contributed by atoms with E-state index in [-0.39, 0.29) is 12.5 Å². The molecule has 1 heterocycles. The Balaban J connectivity index is 2.09. The molecule has 2 aromatic rings. The Morgan fingerprint density at radius 2 is 2.33 bits per heavy atom. The van der Waals surface area contributed by atoms with Gasteiger partial charge >= 0.3 is 0 Å². The van der Waals surface area contributed by atoms with E-state index in [4.69, 9.17) is 5.26 Å². The van der Waals surface area contributed by atoms with Gasteiger partial charge in [-0.15, -0.1) is 0 Å². The molecule has 0 aliphatic heterocycles. The molecule has 0 saturated carbocycles. The molecule has 5 nitrogen and oxygen atoms in total. The molecule has 2 rings (SSSR count). The molecule has 0 aliphatic carbocycles. The summed E-state index contributed by atoms with van der Waals surface area (Å²) in [5, 5.41) is 15.2. The normalized spacial score (nSPS) is 9.78. The Labute approximate surface area is 118 Å². The molecule has 1 N–H and O–H groups in total. The third-order valence-corrected chi connectivity index (χ3v) is 2.87. The number of carbonyl (C=O) groups excluding carboxylic acids is 1. The molecule has 0 saturated heterocycles. The maximum absolute atomic E-state index is 11.9. The van der Waals surface area contributed by atoms with Crippen LogP contribution in [0.1, 0.15) is 10.4 Å². The first-order valence-electron chi connectivity index (χ1n) is 5.16. The predicted octanol–water partition coefficient (Wildman–Crippen LogP) is 2.26. The second kappa shape index (κ2) is 5.64. The van der Waals surface area contributed by atoms with Gasteiger partial charge in [0.25, 0.3) is 5.91 Å². The minimum absolute atomic E-state index is 0.166. The highest BCUT2D eigenvalue weighted by Gasteiger charge is 2.07. The van der Waals surface area contributed by atoms with Gasteiger partial charge < -0.3 is 5.32 Å². The zero-order valence-electron chi connectivity index (χ0n) is 9.30. The fraction of sp³-hybridized carbons (Fsp3) is 0.0833. The first-order valence-corrected chi connectivity index (χ1v) is 6.24. The summed E-state index contributed by atoms with van der Waals surface area (Å²) < 4.78 is 2.46. The van der Waals surface area contributed by atoms with Crippen LogP contribution in [0.3, 0.4) is 0 Å². The number of anilines is 1. The Hall–Kier alpha value is -1.88. The highest BCUT2D eigenvalue weighted by Crippen LogP contribution is 2.10. The lowest BCUT2D eigenvalue weighted by Gasteiger charge is -2.02. The average Bonchev–Trinajstić information content (AvgIpc) is 2.77. The molecule has 6 heteroatoms. The van der Waals surface area contributed by atoms with Crippen molar-refractivity contribution >= 4 is 34.3 Å². The van der Waals surface area contributed by atoms with Gasteiger partial charge in [0.15, 0.2) is 5.82 Å². The third-order valence-electron chi connectivity index (χ3n) is 2.20. The molecule has 0 radical (unpaired) electrons. The molecule has 0 atom stereocenters. The summed E-state index contributed by atoms with van der Waals surface area (Å²) in [4.78, 5) is 11.9. The molecule has 1 aromatic carbocycles. The fourth-order valence-corrected chi connectivity index (χ4v) is 1.95. The van der Waals surface area contributed by atoms with Gasteiger partial charge in [-0.1, -0.05) is 6.07 Å². The first-order chi connectivity index (χ1) is 8.69. The van der Waals surface area contributed by atoms with Gasteiger partial charge in [0.05, 0.1) is 6.07 Å². The van der Waals surface area contributed by atoms with Crippen LogP contribution in [-0.4, -0.2) is 15.7 Å². The summed E-state index contributed by atoms with van der Waals surface area (Å²) in [6, 6.07) is 10.9. The minimum Gasteiger partial charge on any atom is -0.305 e. The number of nitrogens with zero attached hydrogens (tertiary/aromatic N) is 3. The van der Waals surface area contributed by atoms with Gasteiger partial charge in [-0.25, -0.2) is 0 Å². The molecule has 0 aliphatic rings. The van der Waals surface area contributed by atoms with E-state index >= 15 is 0 Å². The van der Waals surface area contributed by atoms with Crippen molar-refractivity contribution in [1.82, 2.24) is 9.78 Å². The molecule has 1 amide bonds. The van der Waals surface area contributed by atoms with Crippen LogP contribution in [0.5, 0.6) is 0 Å². The number of hydrogen-bond donors (Lipinski definition) is 1. The van der Waals surface area contributed by atoms with Crippen LogP contribution < -0.4 is 5.32 Å².